The minimum atomic E-state index is -0.497. The SMILES string of the molecule is CCCSc1nc(NC2CCC(C=O)CC2)ccc1C(=O)NC1CCC2C[C@@]3(O)CC2CC1C3. The van der Waals surface area contributed by atoms with E-state index in [0.717, 1.165) is 93.5 Å². The van der Waals surface area contributed by atoms with Crippen LogP contribution in [0.4, 0.5) is 5.82 Å². The van der Waals surface area contributed by atoms with Crippen molar-refractivity contribution < 1.29 is 14.7 Å². The summed E-state index contributed by atoms with van der Waals surface area (Å²) >= 11 is 1.65. The third kappa shape index (κ3) is 5.15. The zero-order valence-electron chi connectivity index (χ0n) is 20.3. The molecule has 4 fully saturated rings. The molecule has 0 aliphatic heterocycles. The van der Waals surface area contributed by atoms with Crippen LogP contribution in [0.15, 0.2) is 17.2 Å². The summed E-state index contributed by atoms with van der Waals surface area (Å²) in [6.07, 6.45) is 11.9. The standard InChI is InChI=1S/C27H39N3O3S/c1-2-11-34-26-22(8-10-24(30-26)28-21-6-3-17(16-31)4-7-21)25(32)29-23-9-5-18-13-27(33)14-19(18)12-20(23)15-27/h8,10,16-21,23,33H,2-7,9,11-15H2,1H3,(H,28,30)(H,29,32)/t17?,18?,19?,20?,21?,23?,27-/m1/s1. The molecule has 0 spiro atoms. The average molecular weight is 486 g/mol. The zero-order valence-corrected chi connectivity index (χ0v) is 21.1. The van der Waals surface area contributed by atoms with Crippen LogP contribution in [-0.4, -0.2) is 45.7 Å². The van der Waals surface area contributed by atoms with Gasteiger partial charge in [-0.3, -0.25) is 4.79 Å². The number of rotatable bonds is 8. The van der Waals surface area contributed by atoms with Crippen LogP contribution in [0.2, 0.25) is 0 Å². The number of hydrogen-bond donors (Lipinski definition) is 3. The van der Waals surface area contributed by atoms with Crippen molar-refractivity contribution in [1.82, 2.24) is 10.3 Å². The molecule has 1 amide bonds. The van der Waals surface area contributed by atoms with Crippen LogP contribution in [0.5, 0.6) is 0 Å². The van der Waals surface area contributed by atoms with Gasteiger partial charge in [0.05, 0.1) is 11.2 Å². The molecule has 6 nitrogen and oxygen atoms in total. The van der Waals surface area contributed by atoms with Crippen LogP contribution in [0.1, 0.15) is 87.9 Å². The third-order valence-corrected chi connectivity index (χ3v) is 9.99. The lowest BCUT2D eigenvalue weighted by Gasteiger charge is -2.38. The Hall–Kier alpha value is -1.60. The molecule has 5 atom stereocenters. The summed E-state index contributed by atoms with van der Waals surface area (Å²) in [5.41, 5.74) is 0.165. The van der Waals surface area contributed by atoms with Gasteiger partial charge in [-0.05, 0) is 106 Å². The van der Waals surface area contributed by atoms with E-state index in [1.165, 1.54) is 0 Å². The molecule has 1 aromatic rings. The van der Waals surface area contributed by atoms with Crippen molar-refractivity contribution in [1.29, 1.82) is 0 Å². The molecule has 1 heterocycles. The summed E-state index contributed by atoms with van der Waals surface area (Å²) in [5, 5.41) is 18.7. The lowest BCUT2D eigenvalue weighted by molar-refractivity contribution is -0.111. The molecule has 0 aromatic carbocycles. The molecule has 0 radical (unpaired) electrons. The zero-order chi connectivity index (χ0) is 23.7. The van der Waals surface area contributed by atoms with E-state index in [9.17, 15) is 14.7 Å². The van der Waals surface area contributed by atoms with Gasteiger partial charge in [-0.1, -0.05) is 6.92 Å². The second kappa shape index (κ2) is 10.2. The number of pyridine rings is 1. The predicted molar refractivity (Wildman–Crippen MR) is 135 cm³/mol. The van der Waals surface area contributed by atoms with Gasteiger partial charge in [-0.15, -0.1) is 11.8 Å². The van der Waals surface area contributed by atoms with Gasteiger partial charge in [0.25, 0.3) is 5.91 Å². The first kappa shape index (κ1) is 24.1. The summed E-state index contributed by atoms with van der Waals surface area (Å²) in [7, 11) is 0. The minimum Gasteiger partial charge on any atom is -0.390 e. The number of amides is 1. The molecule has 0 saturated heterocycles. The molecule has 4 aliphatic carbocycles. The fraction of sp³-hybridized carbons (Fsp3) is 0.741. The summed E-state index contributed by atoms with van der Waals surface area (Å²) in [6, 6.07) is 4.32. The lowest BCUT2D eigenvalue weighted by atomic mass is 9.75. The van der Waals surface area contributed by atoms with Crippen LogP contribution in [0.25, 0.3) is 0 Å². The summed E-state index contributed by atoms with van der Waals surface area (Å²) in [5.74, 6) is 3.54. The first-order valence-corrected chi connectivity index (χ1v) is 14.3. The van der Waals surface area contributed by atoms with Crippen LogP contribution in [0.3, 0.4) is 0 Å². The predicted octanol–water partition coefficient (Wildman–Crippen LogP) is 4.81. The van der Waals surface area contributed by atoms with Crippen molar-refractivity contribution in [2.75, 3.05) is 11.1 Å². The number of nitrogens with one attached hydrogen (secondary N) is 2. The number of anilines is 1. The van der Waals surface area contributed by atoms with Gasteiger partial charge in [0.15, 0.2) is 0 Å². The minimum absolute atomic E-state index is 0.0289. The number of aldehydes is 1. The first-order valence-electron chi connectivity index (χ1n) is 13.3. The molecule has 34 heavy (non-hydrogen) atoms. The van der Waals surface area contributed by atoms with Gasteiger partial charge in [0.2, 0.25) is 0 Å². The number of thioether (sulfide) groups is 1. The number of aromatic nitrogens is 1. The van der Waals surface area contributed by atoms with E-state index in [-0.39, 0.29) is 17.9 Å². The van der Waals surface area contributed by atoms with Gasteiger partial charge in [0.1, 0.15) is 17.1 Å². The van der Waals surface area contributed by atoms with Crippen LogP contribution < -0.4 is 10.6 Å². The van der Waals surface area contributed by atoms with Crippen molar-refractivity contribution >= 4 is 29.8 Å². The van der Waals surface area contributed by atoms with Crippen molar-refractivity contribution in [3.05, 3.63) is 17.7 Å². The van der Waals surface area contributed by atoms with Crippen molar-refractivity contribution in [3.8, 4) is 0 Å². The van der Waals surface area contributed by atoms with Crippen LogP contribution in [-0.2, 0) is 4.79 Å². The Bertz CT molecular complexity index is 903. The van der Waals surface area contributed by atoms with Gasteiger partial charge < -0.3 is 20.5 Å². The third-order valence-electron chi connectivity index (χ3n) is 8.80. The molecular weight excluding hydrogens is 446 g/mol. The molecule has 1 aromatic heterocycles. The maximum Gasteiger partial charge on any atom is 0.254 e. The Kier molecular flexibility index (Phi) is 7.22. The first-order chi connectivity index (χ1) is 16.5. The maximum absolute atomic E-state index is 13.4. The molecule has 4 unspecified atom stereocenters. The number of hydrogen-bond acceptors (Lipinski definition) is 6. The largest absolute Gasteiger partial charge is 0.390 e. The summed E-state index contributed by atoms with van der Waals surface area (Å²) in [6.45, 7) is 2.14. The number of nitrogens with zero attached hydrogens (tertiary/aromatic N) is 1. The van der Waals surface area contributed by atoms with E-state index >= 15 is 0 Å². The Morgan fingerprint density at radius 3 is 2.65 bits per heavy atom. The molecule has 3 bridgehead atoms. The van der Waals surface area contributed by atoms with E-state index < -0.39 is 5.60 Å². The molecule has 186 valence electrons. The molecule has 4 saturated carbocycles. The van der Waals surface area contributed by atoms with Crippen molar-refractivity contribution in [2.45, 2.75) is 100 Å². The van der Waals surface area contributed by atoms with E-state index in [1.807, 2.05) is 12.1 Å². The smallest absolute Gasteiger partial charge is 0.254 e. The van der Waals surface area contributed by atoms with Crippen LogP contribution >= 0.6 is 11.8 Å². The van der Waals surface area contributed by atoms with Crippen molar-refractivity contribution in [3.63, 3.8) is 0 Å². The van der Waals surface area contributed by atoms with E-state index in [2.05, 4.69) is 17.6 Å². The average Bonchev–Trinajstić information content (AvgIpc) is 3.00. The van der Waals surface area contributed by atoms with E-state index in [1.54, 1.807) is 11.8 Å². The maximum atomic E-state index is 13.4. The highest BCUT2D eigenvalue weighted by molar-refractivity contribution is 7.99. The quantitative estimate of drug-likeness (QED) is 0.361. The Morgan fingerprint density at radius 2 is 1.88 bits per heavy atom. The highest BCUT2D eigenvalue weighted by Gasteiger charge is 2.52. The Balaban J connectivity index is 1.27. The Labute approximate surface area is 207 Å². The number of carbonyl (C=O) groups is 2. The van der Waals surface area contributed by atoms with Gasteiger partial charge in [0, 0.05) is 18.0 Å². The van der Waals surface area contributed by atoms with Crippen LogP contribution in [0, 0.1) is 23.7 Å². The highest BCUT2D eigenvalue weighted by Crippen LogP contribution is 2.55. The number of carbonyl (C=O) groups excluding carboxylic acids is 2. The molecule has 4 aliphatic rings. The fourth-order valence-corrected chi connectivity index (χ4v) is 7.99. The van der Waals surface area contributed by atoms with Crippen molar-refractivity contribution in [2.24, 2.45) is 23.7 Å². The molecular formula is C27H39N3O3S. The van der Waals surface area contributed by atoms with Gasteiger partial charge in [-0.25, -0.2) is 4.98 Å². The summed E-state index contributed by atoms with van der Waals surface area (Å²) in [4.78, 5) is 29.3. The molecule has 3 N–H and O–H groups in total. The topological polar surface area (TPSA) is 91.3 Å². The number of aliphatic hydroxyl groups is 1. The lowest BCUT2D eigenvalue weighted by Crippen LogP contribution is -2.45. The highest BCUT2D eigenvalue weighted by atomic mass is 32.2. The monoisotopic (exact) mass is 485 g/mol. The van der Waals surface area contributed by atoms with Gasteiger partial charge >= 0.3 is 0 Å². The van der Waals surface area contributed by atoms with E-state index in [4.69, 9.17) is 4.98 Å². The van der Waals surface area contributed by atoms with E-state index in [0.29, 0.717) is 29.4 Å². The second-order valence-electron chi connectivity index (χ2n) is 11.3. The van der Waals surface area contributed by atoms with Gasteiger partial charge in [-0.2, -0.15) is 0 Å². The molecule has 7 heteroatoms. The normalized spacial score (nSPS) is 36.6. The fourth-order valence-electron chi connectivity index (χ4n) is 7.12. The second-order valence-corrected chi connectivity index (χ2v) is 12.4. The summed E-state index contributed by atoms with van der Waals surface area (Å²) < 4.78 is 0. The number of fused-ring (bicyclic) bond motifs is 2. The Morgan fingerprint density at radius 1 is 1.12 bits per heavy atom. The molecule has 5 rings (SSSR count).